The summed E-state index contributed by atoms with van der Waals surface area (Å²) < 4.78 is 10.7. The number of hydrogen-bond donors (Lipinski definition) is 2. The van der Waals surface area contributed by atoms with Crippen molar-refractivity contribution >= 4 is 23.1 Å². The van der Waals surface area contributed by atoms with Crippen molar-refractivity contribution in [1.29, 1.82) is 0 Å². The molecule has 138 valence electrons. The predicted molar refractivity (Wildman–Crippen MR) is 106 cm³/mol. The van der Waals surface area contributed by atoms with Crippen LogP contribution in [0, 0.1) is 6.92 Å². The number of carbonyl (C=O) groups is 1. The van der Waals surface area contributed by atoms with E-state index in [2.05, 4.69) is 15.6 Å². The van der Waals surface area contributed by atoms with Crippen LogP contribution in [0.5, 0.6) is 11.5 Å². The van der Waals surface area contributed by atoms with E-state index in [9.17, 15) is 4.79 Å². The van der Waals surface area contributed by atoms with Gasteiger partial charge in [0.2, 0.25) is 0 Å². The first-order valence-corrected chi connectivity index (χ1v) is 8.49. The number of para-hydroxylation sites is 2. The zero-order valence-electron chi connectivity index (χ0n) is 15.2. The summed E-state index contributed by atoms with van der Waals surface area (Å²) in [6, 6.07) is 18.8. The van der Waals surface area contributed by atoms with Gasteiger partial charge in [-0.2, -0.15) is 0 Å². The van der Waals surface area contributed by atoms with Crippen LogP contribution in [0.4, 0.5) is 17.2 Å². The second-order valence-corrected chi connectivity index (χ2v) is 5.91. The quantitative estimate of drug-likeness (QED) is 0.659. The number of aryl methyl sites for hydroxylation is 1. The molecule has 0 spiro atoms. The van der Waals surface area contributed by atoms with Crippen molar-refractivity contribution < 1.29 is 14.3 Å². The molecule has 0 saturated carbocycles. The Bertz CT molecular complexity index is 911. The van der Waals surface area contributed by atoms with Crippen molar-refractivity contribution in [3.8, 4) is 11.5 Å². The minimum Gasteiger partial charge on any atom is -0.493 e. The first-order valence-electron chi connectivity index (χ1n) is 8.49. The molecule has 27 heavy (non-hydrogen) atoms. The largest absolute Gasteiger partial charge is 0.493 e. The number of benzene rings is 2. The monoisotopic (exact) mass is 363 g/mol. The maximum absolute atomic E-state index is 12.1. The second-order valence-electron chi connectivity index (χ2n) is 5.91. The molecule has 0 aliphatic heterocycles. The molecule has 3 rings (SSSR count). The van der Waals surface area contributed by atoms with E-state index < -0.39 is 0 Å². The zero-order chi connectivity index (χ0) is 19.1. The Morgan fingerprint density at radius 2 is 1.81 bits per heavy atom. The van der Waals surface area contributed by atoms with Crippen LogP contribution < -0.4 is 20.1 Å². The molecule has 2 aromatic carbocycles. The minimum absolute atomic E-state index is 0.121. The molecule has 2 N–H and O–H groups in total. The van der Waals surface area contributed by atoms with Crippen LogP contribution in [0.15, 0.2) is 66.9 Å². The van der Waals surface area contributed by atoms with Gasteiger partial charge >= 0.3 is 0 Å². The molecule has 1 aromatic heterocycles. The fourth-order valence-corrected chi connectivity index (χ4v) is 2.49. The van der Waals surface area contributed by atoms with Crippen LogP contribution in [-0.4, -0.2) is 24.6 Å². The molecule has 1 heterocycles. The minimum atomic E-state index is -0.276. The lowest BCUT2D eigenvalue weighted by atomic mass is 10.2. The molecule has 0 radical (unpaired) electrons. The Kier molecular flexibility index (Phi) is 5.89. The molecule has 1 amide bonds. The van der Waals surface area contributed by atoms with Crippen molar-refractivity contribution in [1.82, 2.24) is 4.98 Å². The fourth-order valence-electron chi connectivity index (χ4n) is 2.49. The first kappa shape index (κ1) is 18.3. The highest BCUT2D eigenvalue weighted by molar-refractivity contribution is 5.91. The molecule has 0 aliphatic rings. The molecule has 0 fully saturated rings. The van der Waals surface area contributed by atoms with Crippen molar-refractivity contribution in [2.45, 2.75) is 6.92 Å². The summed E-state index contributed by atoms with van der Waals surface area (Å²) in [6.45, 7) is 1.91. The normalized spacial score (nSPS) is 10.1. The topological polar surface area (TPSA) is 72.5 Å². The molecular weight excluding hydrogens is 342 g/mol. The molecule has 3 aromatic rings. The Hall–Kier alpha value is -3.54. The second kappa shape index (κ2) is 8.71. The predicted octanol–water partition coefficient (Wildman–Crippen LogP) is 4.16. The molecule has 0 unspecified atom stereocenters. The van der Waals surface area contributed by atoms with Gasteiger partial charge in [0.25, 0.3) is 5.91 Å². The van der Waals surface area contributed by atoms with Gasteiger partial charge in [0.15, 0.2) is 18.1 Å². The van der Waals surface area contributed by atoms with E-state index in [4.69, 9.17) is 9.47 Å². The van der Waals surface area contributed by atoms with Crippen molar-refractivity contribution in [2.75, 3.05) is 24.4 Å². The maximum atomic E-state index is 12.1. The number of anilines is 3. The first-order chi connectivity index (χ1) is 13.1. The Morgan fingerprint density at radius 3 is 2.52 bits per heavy atom. The van der Waals surface area contributed by atoms with Crippen LogP contribution in [0.3, 0.4) is 0 Å². The average molecular weight is 363 g/mol. The van der Waals surface area contributed by atoms with Crippen molar-refractivity contribution in [3.63, 3.8) is 0 Å². The van der Waals surface area contributed by atoms with Gasteiger partial charge in [0.05, 0.1) is 19.0 Å². The van der Waals surface area contributed by atoms with Gasteiger partial charge in [-0.25, -0.2) is 4.98 Å². The summed E-state index contributed by atoms with van der Waals surface area (Å²) in [6.07, 6.45) is 1.60. The van der Waals surface area contributed by atoms with Crippen molar-refractivity contribution in [3.05, 3.63) is 72.4 Å². The number of rotatable bonds is 7. The standard InChI is InChI=1S/C21H21N3O3/c1-15-6-5-7-16(12-15)23-20-11-10-17(13-22-20)24-21(25)14-27-19-9-4-3-8-18(19)26-2/h3-13H,14H2,1-2H3,(H,22,23)(H,24,25). The number of nitrogens with one attached hydrogen (secondary N) is 2. The highest BCUT2D eigenvalue weighted by Crippen LogP contribution is 2.25. The molecule has 0 atom stereocenters. The maximum Gasteiger partial charge on any atom is 0.262 e. The van der Waals surface area contributed by atoms with Gasteiger partial charge in [-0.15, -0.1) is 0 Å². The number of ether oxygens (including phenoxy) is 2. The van der Waals surface area contributed by atoms with E-state index >= 15 is 0 Å². The number of pyridine rings is 1. The van der Waals surface area contributed by atoms with Gasteiger partial charge in [0.1, 0.15) is 5.82 Å². The van der Waals surface area contributed by atoms with E-state index in [1.54, 1.807) is 37.6 Å². The molecule has 0 saturated heterocycles. The lowest BCUT2D eigenvalue weighted by Gasteiger charge is -2.11. The van der Waals surface area contributed by atoms with Gasteiger partial charge in [-0.05, 0) is 48.9 Å². The fraction of sp³-hybridized carbons (Fsp3) is 0.143. The van der Waals surface area contributed by atoms with Crippen LogP contribution >= 0.6 is 0 Å². The van der Waals surface area contributed by atoms with Crippen molar-refractivity contribution in [2.24, 2.45) is 0 Å². The SMILES string of the molecule is COc1ccccc1OCC(=O)Nc1ccc(Nc2cccc(C)c2)nc1. The highest BCUT2D eigenvalue weighted by Gasteiger charge is 2.07. The highest BCUT2D eigenvalue weighted by atomic mass is 16.5. The number of carbonyl (C=O) groups excluding carboxylic acids is 1. The third-order valence-electron chi connectivity index (χ3n) is 3.77. The summed E-state index contributed by atoms with van der Waals surface area (Å²) >= 11 is 0. The third-order valence-corrected chi connectivity index (χ3v) is 3.77. The van der Waals surface area contributed by atoms with E-state index in [0.29, 0.717) is 23.0 Å². The molecular formula is C21H21N3O3. The Balaban J connectivity index is 1.54. The van der Waals surface area contributed by atoms with E-state index in [1.165, 1.54) is 5.56 Å². The zero-order valence-corrected chi connectivity index (χ0v) is 15.2. The van der Waals surface area contributed by atoms with Gasteiger partial charge < -0.3 is 20.1 Å². The van der Waals surface area contributed by atoms with E-state index in [0.717, 1.165) is 5.69 Å². The lowest BCUT2D eigenvalue weighted by molar-refractivity contribution is -0.118. The van der Waals surface area contributed by atoms with E-state index in [-0.39, 0.29) is 12.5 Å². The summed E-state index contributed by atoms with van der Waals surface area (Å²) in [7, 11) is 1.56. The lowest BCUT2D eigenvalue weighted by Crippen LogP contribution is -2.20. The van der Waals surface area contributed by atoms with Crippen LogP contribution in [0.1, 0.15) is 5.56 Å². The van der Waals surface area contributed by atoms with Crippen LogP contribution in [-0.2, 0) is 4.79 Å². The van der Waals surface area contributed by atoms with E-state index in [1.807, 2.05) is 43.3 Å². The average Bonchev–Trinajstić information content (AvgIpc) is 2.68. The number of hydrogen-bond acceptors (Lipinski definition) is 5. The summed E-state index contributed by atoms with van der Waals surface area (Å²) in [5, 5.41) is 5.98. The molecule has 0 bridgehead atoms. The van der Waals surface area contributed by atoms with Gasteiger partial charge in [-0.1, -0.05) is 24.3 Å². The molecule has 0 aliphatic carbocycles. The smallest absolute Gasteiger partial charge is 0.262 e. The summed E-state index contributed by atoms with van der Waals surface area (Å²) in [5.74, 6) is 1.52. The number of amides is 1. The van der Waals surface area contributed by atoms with Crippen LogP contribution in [0.25, 0.3) is 0 Å². The third kappa shape index (κ3) is 5.22. The Morgan fingerprint density at radius 1 is 1.00 bits per heavy atom. The summed E-state index contributed by atoms with van der Waals surface area (Å²) in [5.41, 5.74) is 2.72. The van der Waals surface area contributed by atoms with Gasteiger partial charge in [-0.3, -0.25) is 4.79 Å². The van der Waals surface area contributed by atoms with Crippen LogP contribution in [0.2, 0.25) is 0 Å². The number of aromatic nitrogens is 1. The summed E-state index contributed by atoms with van der Waals surface area (Å²) in [4.78, 5) is 16.4. The molecule has 6 nitrogen and oxygen atoms in total. The number of nitrogens with zero attached hydrogens (tertiary/aromatic N) is 1. The molecule has 6 heteroatoms. The number of methoxy groups -OCH3 is 1. The van der Waals surface area contributed by atoms with Gasteiger partial charge in [0, 0.05) is 5.69 Å². The Labute approximate surface area is 158 Å².